The van der Waals surface area contributed by atoms with Crippen LogP contribution in [0.5, 0.6) is 0 Å². The van der Waals surface area contributed by atoms with Crippen LogP contribution in [-0.4, -0.2) is 6.54 Å². The topological polar surface area (TPSA) is 12.0 Å². The second-order valence-electron chi connectivity index (χ2n) is 3.13. The first kappa shape index (κ1) is 7.74. The third-order valence-electron chi connectivity index (χ3n) is 2.28. The molecule has 0 radical (unpaired) electrons. The molecule has 0 aromatic heterocycles. The van der Waals surface area contributed by atoms with Gasteiger partial charge in [-0.1, -0.05) is 24.3 Å². The fourth-order valence-corrected chi connectivity index (χ4v) is 1.61. The lowest BCUT2D eigenvalue weighted by molar-refractivity contribution is 0.326. The van der Waals surface area contributed by atoms with Crippen LogP contribution in [0.2, 0.25) is 0 Å². The van der Waals surface area contributed by atoms with Gasteiger partial charge in [-0.05, 0) is 24.1 Å². The molecule has 0 saturated carbocycles. The Morgan fingerprint density at radius 2 is 2.17 bits per heavy atom. The summed E-state index contributed by atoms with van der Waals surface area (Å²) < 4.78 is 13.4. The monoisotopic (exact) mass is 165 g/mol. The molecule has 1 aliphatic rings. The third-order valence-corrected chi connectivity index (χ3v) is 2.28. The molecule has 2 heteroatoms. The number of nitrogens with one attached hydrogen (secondary N) is 1. The number of benzene rings is 1. The van der Waals surface area contributed by atoms with Gasteiger partial charge in [0.1, 0.15) is 6.17 Å². The van der Waals surface area contributed by atoms with Crippen molar-refractivity contribution >= 4 is 0 Å². The van der Waals surface area contributed by atoms with Gasteiger partial charge in [0.2, 0.25) is 0 Å². The minimum absolute atomic E-state index is 0.594. The van der Waals surface area contributed by atoms with Crippen molar-refractivity contribution in [3.63, 3.8) is 0 Å². The zero-order valence-electron chi connectivity index (χ0n) is 6.89. The molecule has 1 heterocycles. The van der Waals surface area contributed by atoms with Gasteiger partial charge in [0.05, 0.1) is 0 Å². The van der Waals surface area contributed by atoms with Crippen molar-refractivity contribution in [1.29, 1.82) is 0 Å². The van der Waals surface area contributed by atoms with Gasteiger partial charge in [0, 0.05) is 6.54 Å². The van der Waals surface area contributed by atoms with Gasteiger partial charge in [-0.3, -0.25) is 0 Å². The smallest absolute Gasteiger partial charge is 0.127 e. The summed E-state index contributed by atoms with van der Waals surface area (Å²) in [4.78, 5) is 0. The van der Waals surface area contributed by atoms with E-state index in [1.54, 1.807) is 0 Å². The normalized spacial score (nSPS) is 22.9. The van der Waals surface area contributed by atoms with E-state index in [1.165, 1.54) is 0 Å². The van der Waals surface area contributed by atoms with Crippen LogP contribution in [0.25, 0.3) is 0 Å². The number of rotatable bonds is 0. The third kappa shape index (κ3) is 1.34. The maximum Gasteiger partial charge on any atom is 0.127 e. The average molecular weight is 165 g/mol. The predicted molar refractivity (Wildman–Crippen MR) is 46.6 cm³/mol. The SMILES string of the molecule is FC1CCNCc2ccccc21. The van der Waals surface area contributed by atoms with E-state index in [-0.39, 0.29) is 0 Å². The highest BCUT2D eigenvalue weighted by atomic mass is 19.1. The fraction of sp³-hybridized carbons (Fsp3) is 0.400. The van der Waals surface area contributed by atoms with E-state index in [1.807, 2.05) is 24.3 Å². The molecule has 0 fully saturated rings. The average Bonchev–Trinajstić information content (AvgIpc) is 2.29. The quantitative estimate of drug-likeness (QED) is 0.621. The molecule has 0 amide bonds. The molecule has 1 atom stereocenters. The van der Waals surface area contributed by atoms with E-state index in [2.05, 4.69) is 5.32 Å². The van der Waals surface area contributed by atoms with Crippen LogP contribution in [0.1, 0.15) is 23.7 Å². The molecule has 1 aliphatic heterocycles. The van der Waals surface area contributed by atoms with Crippen LogP contribution in [0.3, 0.4) is 0 Å². The Labute approximate surface area is 71.6 Å². The molecule has 64 valence electrons. The van der Waals surface area contributed by atoms with Crippen molar-refractivity contribution in [3.05, 3.63) is 35.4 Å². The summed E-state index contributed by atoms with van der Waals surface area (Å²) in [5.74, 6) is 0. The Hall–Kier alpha value is -0.890. The van der Waals surface area contributed by atoms with Crippen molar-refractivity contribution in [3.8, 4) is 0 Å². The highest BCUT2D eigenvalue weighted by molar-refractivity contribution is 5.29. The zero-order chi connectivity index (χ0) is 8.39. The van der Waals surface area contributed by atoms with Crippen LogP contribution in [0, 0.1) is 0 Å². The summed E-state index contributed by atoms with van der Waals surface area (Å²) >= 11 is 0. The lowest BCUT2D eigenvalue weighted by Crippen LogP contribution is -2.11. The van der Waals surface area contributed by atoms with E-state index < -0.39 is 6.17 Å². The Morgan fingerprint density at radius 3 is 3.08 bits per heavy atom. The zero-order valence-corrected chi connectivity index (χ0v) is 6.89. The second-order valence-corrected chi connectivity index (χ2v) is 3.13. The van der Waals surface area contributed by atoms with Crippen molar-refractivity contribution < 1.29 is 4.39 Å². The minimum atomic E-state index is -0.781. The van der Waals surface area contributed by atoms with E-state index in [0.29, 0.717) is 6.42 Å². The van der Waals surface area contributed by atoms with Crippen molar-refractivity contribution in [2.45, 2.75) is 19.1 Å². The molecule has 12 heavy (non-hydrogen) atoms. The first-order chi connectivity index (χ1) is 5.88. The van der Waals surface area contributed by atoms with Gasteiger partial charge in [-0.25, -0.2) is 4.39 Å². The first-order valence-corrected chi connectivity index (χ1v) is 4.30. The highest BCUT2D eigenvalue weighted by Gasteiger charge is 2.15. The van der Waals surface area contributed by atoms with Crippen LogP contribution in [-0.2, 0) is 6.54 Å². The van der Waals surface area contributed by atoms with E-state index in [0.717, 1.165) is 24.2 Å². The Balaban J connectivity index is 2.39. The summed E-state index contributed by atoms with van der Waals surface area (Å²) in [6, 6.07) is 7.72. The number of hydrogen-bond donors (Lipinski definition) is 1. The summed E-state index contributed by atoms with van der Waals surface area (Å²) in [6.45, 7) is 1.58. The van der Waals surface area contributed by atoms with Crippen LogP contribution < -0.4 is 5.32 Å². The number of alkyl halides is 1. The largest absolute Gasteiger partial charge is 0.313 e. The summed E-state index contributed by atoms with van der Waals surface area (Å²) in [6.07, 6.45) is -0.187. The molecule has 2 rings (SSSR count). The van der Waals surface area contributed by atoms with E-state index in [4.69, 9.17) is 0 Å². The molecule has 1 N–H and O–H groups in total. The van der Waals surface area contributed by atoms with Crippen molar-refractivity contribution in [2.75, 3.05) is 6.54 Å². The minimum Gasteiger partial charge on any atom is -0.313 e. The van der Waals surface area contributed by atoms with Crippen LogP contribution >= 0.6 is 0 Å². The van der Waals surface area contributed by atoms with Gasteiger partial charge >= 0.3 is 0 Å². The molecular weight excluding hydrogens is 153 g/mol. The molecule has 1 unspecified atom stereocenters. The number of fused-ring (bicyclic) bond motifs is 1. The van der Waals surface area contributed by atoms with Crippen molar-refractivity contribution in [1.82, 2.24) is 5.32 Å². The molecule has 1 nitrogen and oxygen atoms in total. The molecule has 0 saturated heterocycles. The van der Waals surface area contributed by atoms with E-state index >= 15 is 0 Å². The molecule has 1 aromatic rings. The van der Waals surface area contributed by atoms with Gasteiger partial charge in [0.15, 0.2) is 0 Å². The Kier molecular flexibility index (Phi) is 2.09. The predicted octanol–water partition coefficient (Wildman–Crippen LogP) is 2.19. The second kappa shape index (κ2) is 3.23. The van der Waals surface area contributed by atoms with Gasteiger partial charge in [-0.15, -0.1) is 0 Å². The summed E-state index contributed by atoms with van der Waals surface area (Å²) in [5.41, 5.74) is 1.96. The van der Waals surface area contributed by atoms with Gasteiger partial charge < -0.3 is 5.32 Å². The first-order valence-electron chi connectivity index (χ1n) is 4.30. The maximum atomic E-state index is 13.4. The summed E-state index contributed by atoms with van der Waals surface area (Å²) in [5, 5.41) is 3.19. The maximum absolute atomic E-state index is 13.4. The summed E-state index contributed by atoms with van der Waals surface area (Å²) in [7, 11) is 0. The molecule has 0 spiro atoms. The standard InChI is InChI=1S/C10H12FN/c11-10-5-6-12-7-8-3-1-2-4-9(8)10/h1-4,10,12H,5-7H2. The number of hydrogen-bond acceptors (Lipinski definition) is 1. The molecule has 0 aliphatic carbocycles. The highest BCUT2D eigenvalue weighted by Crippen LogP contribution is 2.26. The van der Waals surface area contributed by atoms with Crippen LogP contribution in [0.15, 0.2) is 24.3 Å². The van der Waals surface area contributed by atoms with Gasteiger partial charge in [0.25, 0.3) is 0 Å². The Bertz CT molecular complexity index is 272. The fourth-order valence-electron chi connectivity index (χ4n) is 1.61. The molecule has 1 aromatic carbocycles. The van der Waals surface area contributed by atoms with Crippen molar-refractivity contribution in [2.24, 2.45) is 0 Å². The molecule has 0 bridgehead atoms. The molecular formula is C10H12FN. The lowest BCUT2D eigenvalue weighted by atomic mass is 10.0. The lowest BCUT2D eigenvalue weighted by Gasteiger charge is -2.07. The Morgan fingerprint density at radius 1 is 1.33 bits per heavy atom. The van der Waals surface area contributed by atoms with Gasteiger partial charge in [-0.2, -0.15) is 0 Å². The van der Waals surface area contributed by atoms with Crippen LogP contribution in [0.4, 0.5) is 4.39 Å². The number of halogens is 1. The van der Waals surface area contributed by atoms with E-state index in [9.17, 15) is 4.39 Å².